The number of hydrogen-bond acceptors (Lipinski definition) is 5. The first-order valence-corrected chi connectivity index (χ1v) is 8.74. The fraction of sp³-hybridized carbons (Fsp3) is 0.125. The van der Waals surface area contributed by atoms with Crippen LogP contribution in [0.15, 0.2) is 36.1 Å². The molecule has 25 heavy (non-hydrogen) atoms. The minimum Gasteiger partial charge on any atom is -0.346 e. The Bertz CT molecular complexity index is 1050. The van der Waals surface area contributed by atoms with E-state index in [9.17, 15) is 4.79 Å². The zero-order valence-corrected chi connectivity index (χ0v) is 14.7. The van der Waals surface area contributed by atoms with Crippen LogP contribution in [0.4, 0.5) is 0 Å². The second-order valence-corrected chi connectivity index (χ2v) is 6.82. The molecule has 1 amide bonds. The molecule has 0 unspecified atom stereocenters. The fourth-order valence-corrected chi connectivity index (χ4v) is 3.50. The number of carbonyl (C=O) groups excluding carboxylic acids is 1. The zero-order chi connectivity index (χ0) is 17.4. The fourth-order valence-electron chi connectivity index (χ4n) is 2.48. The lowest BCUT2D eigenvalue weighted by Gasteiger charge is -2.03. The van der Waals surface area contributed by atoms with Gasteiger partial charge in [-0.25, -0.2) is 9.50 Å². The van der Waals surface area contributed by atoms with E-state index in [4.69, 9.17) is 11.6 Å². The van der Waals surface area contributed by atoms with Crippen LogP contribution in [0.3, 0.4) is 0 Å². The van der Waals surface area contributed by atoms with E-state index >= 15 is 0 Å². The Morgan fingerprint density at radius 1 is 1.44 bits per heavy atom. The monoisotopic (exact) mass is 372 g/mol. The molecule has 0 saturated heterocycles. The molecule has 9 heteroatoms. The molecule has 0 aliphatic rings. The predicted octanol–water partition coefficient (Wildman–Crippen LogP) is 3.07. The van der Waals surface area contributed by atoms with Crippen molar-refractivity contribution in [1.29, 1.82) is 0 Å². The second-order valence-electron chi connectivity index (χ2n) is 5.49. The third-order valence-corrected chi connectivity index (χ3v) is 4.92. The Morgan fingerprint density at radius 2 is 2.32 bits per heavy atom. The van der Waals surface area contributed by atoms with Crippen LogP contribution in [0.5, 0.6) is 0 Å². The molecule has 0 aliphatic carbocycles. The molecule has 0 bridgehead atoms. The maximum Gasteiger partial charge on any atom is 0.273 e. The SMILES string of the molecule is Cc1cnc2c(Cl)c(C(=O)NCc3cn[nH]c3-c3cccs3)nn2c1. The topological polar surface area (TPSA) is 88.0 Å². The Hall–Kier alpha value is -2.71. The highest BCUT2D eigenvalue weighted by atomic mass is 35.5. The Morgan fingerprint density at radius 3 is 3.12 bits per heavy atom. The van der Waals surface area contributed by atoms with Crippen molar-refractivity contribution in [1.82, 2.24) is 30.1 Å². The molecule has 0 saturated carbocycles. The summed E-state index contributed by atoms with van der Waals surface area (Å²) in [4.78, 5) is 17.8. The van der Waals surface area contributed by atoms with Gasteiger partial charge >= 0.3 is 0 Å². The number of amides is 1. The highest BCUT2D eigenvalue weighted by molar-refractivity contribution is 7.13. The Kier molecular flexibility index (Phi) is 3.98. The van der Waals surface area contributed by atoms with Gasteiger partial charge in [-0.05, 0) is 23.9 Å². The van der Waals surface area contributed by atoms with Crippen LogP contribution in [-0.2, 0) is 6.54 Å². The van der Waals surface area contributed by atoms with Gasteiger partial charge in [-0.2, -0.15) is 10.2 Å². The van der Waals surface area contributed by atoms with Crippen molar-refractivity contribution >= 4 is 34.5 Å². The normalized spacial score (nSPS) is 11.1. The summed E-state index contributed by atoms with van der Waals surface area (Å²) < 4.78 is 1.52. The van der Waals surface area contributed by atoms with Crippen molar-refractivity contribution < 1.29 is 4.79 Å². The van der Waals surface area contributed by atoms with Crippen molar-refractivity contribution in [3.63, 3.8) is 0 Å². The maximum absolute atomic E-state index is 12.5. The van der Waals surface area contributed by atoms with Gasteiger partial charge in [0.25, 0.3) is 5.91 Å². The number of fused-ring (bicyclic) bond motifs is 1. The van der Waals surface area contributed by atoms with Crippen molar-refractivity contribution in [2.24, 2.45) is 0 Å². The molecule has 0 atom stereocenters. The lowest BCUT2D eigenvalue weighted by Crippen LogP contribution is -2.23. The minimum absolute atomic E-state index is 0.154. The molecule has 0 aromatic carbocycles. The van der Waals surface area contributed by atoms with Gasteiger partial charge in [0.05, 0.1) is 16.8 Å². The van der Waals surface area contributed by atoms with Gasteiger partial charge in [-0.15, -0.1) is 11.3 Å². The molecule has 7 nitrogen and oxygen atoms in total. The van der Waals surface area contributed by atoms with Crippen LogP contribution >= 0.6 is 22.9 Å². The third-order valence-electron chi connectivity index (χ3n) is 3.69. The van der Waals surface area contributed by atoms with E-state index < -0.39 is 0 Å². The lowest BCUT2D eigenvalue weighted by atomic mass is 10.2. The molecule has 0 spiro atoms. The van der Waals surface area contributed by atoms with E-state index in [1.807, 2.05) is 24.4 Å². The van der Waals surface area contributed by atoms with Gasteiger partial charge in [0.2, 0.25) is 0 Å². The Labute approximate surface area is 151 Å². The summed E-state index contributed by atoms with van der Waals surface area (Å²) >= 11 is 7.86. The number of thiophene rings is 1. The highest BCUT2D eigenvalue weighted by Crippen LogP contribution is 2.26. The van der Waals surface area contributed by atoms with E-state index in [0.29, 0.717) is 12.2 Å². The van der Waals surface area contributed by atoms with Crippen LogP contribution in [0.2, 0.25) is 5.02 Å². The molecule has 4 heterocycles. The van der Waals surface area contributed by atoms with Gasteiger partial charge in [-0.3, -0.25) is 9.89 Å². The van der Waals surface area contributed by atoms with Gasteiger partial charge in [0, 0.05) is 24.5 Å². The molecule has 4 aromatic rings. The summed E-state index contributed by atoms with van der Waals surface area (Å²) in [5.74, 6) is -0.355. The average molecular weight is 373 g/mol. The Balaban J connectivity index is 1.56. The molecule has 4 aromatic heterocycles. The van der Waals surface area contributed by atoms with Crippen LogP contribution in [-0.4, -0.2) is 30.7 Å². The molecule has 126 valence electrons. The van der Waals surface area contributed by atoms with E-state index in [-0.39, 0.29) is 16.6 Å². The average Bonchev–Trinajstić information content (AvgIpc) is 3.32. The van der Waals surface area contributed by atoms with E-state index in [1.54, 1.807) is 29.9 Å². The summed E-state index contributed by atoms with van der Waals surface area (Å²) in [6.07, 6.45) is 5.16. The van der Waals surface area contributed by atoms with Gasteiger partial charge in [0.1, 0.15) is 5.02 Å². The van der Waals surface area contributed by atoms with Gasteiger partial charge < -0.3 is 5.32 Å². The summed E-state index contributed by atoms with van der Waals surface area (Å²) in [5, 5.41) is 16.3. The lowest BCUT2D eigenvalue weighted by molar-refractivity contribution is 0.0946. The number of nitrogens with one attached hydrogen (secondary N) is 2. The van der Waals surface area contributed by atoms with Crippen LogP contribution in [0.25, 0.3) is 16.2 Å². The molecular formula is C16H13ClN6OS. The first-order valence-electron chi connectivity index (χ1n) is 7.48. The zero-order valence-electron chi connectivity index (χ0n) is 13.2. The smallest absolute Gasteiger partial charge is 0.273 e. The predicted molar refractivity (Wildman–Crippen MR) is 95.8 cm³/mol. The summed E-state index contributed by atoms with van der Waals surface area (Å²) in [5.41, 5.74) is 3.33. The first-order chi connectivity index (χ1) is 12.1. The minimum atomic E-state index is -0.355. The summed E-state index contributed by atoms with van der Waals surface area (Å²) in [6.45, 7) is 2.21. The van der Waals surface area contributed by atoms with Crippen LogP contribution < -0.4 is 5.32 Å². The first kappa shape index (κ1) is 15.8. The molecule has 4 rings (SSSR count). The van der Waals surface area contributed by atoms with Crippen molar-refractivity contribution in [2.75, 3.05) is 0 Å². The summed E-state index contributed by atoms with van der Waals surface area (Å²) in [6, 6.07) is 3.96. The number of rotatable bonds is 4. The number of H-pyrrole nitrogens is 1. The second kappa shape index (κ2) is 6.30. The maximum atomic E-state index is 12.5. The molecular weight excluding hydrogens is 360 g/mol. The molecule has 0 fully saturated rings. The standard InChI is InChI=1S/C16H13ClN6OS/c1-9-5-18-15-12(17)14(22-23(15)8-9)16(24)19-6-10-7-20-21-13(10)11-3-2-4-25-11/h2-5,7-8H,6H2,1H3,(H,19,24)(H,20,21). The van der Waals surface area contributed by atoms with Crippen LogP contribution in [0, 0.1) is 6.92 Å². The number of carbonyl (C=O) groups is 1. The number of hydrogen-bond donors (Lipinski definition) is 2. The number of aryl methyl sites for hydroxylation is 1. The number of aromatic amines is 1. The highest BCUT2D eigenvalue weighted by Gasteiger charge is 2.19. The van der Waals surface area contributed by atoms with Crippen LogP contribution in [0.1, 0.15) is 21.6 Å². The molecule has 0 radical (unpaired) electrons. The quantitative estimate of drug-likeness (QED) is 0.576. The van der Waals surface area contributed by atoms with Gasteiger partial charge in [-0.1, -0.05) is 17.7 Å². The molecule has 0 aliphatic heterocycles. The number of nitrogens with zero attached hydrogens (tertiary/aromatic N) is 4. The third kappa shape index (κ3) is 2.90. The van der Waals surface area contributed by atoms with E-state index in [0.717, 1.165) is 21.7 Å². The van der Waals surface area contributed by atoms with Gasteiger partial charge in [0.15, 0.2) is 11.3 Å². The number of aromatic nitrogens is 5. The largest absolute Gasteiger partial charge is 0.346 e. The van der Waals surface area contributed by atoms with Crippen molar-refractivity contribution in [3.05, 3.63) is 57.9 Å². The summed E-state index contributed by atoms with van der Waals surface area (Å²) in [7, 11) is 0. The molecule has 2 N–H and O–H groups in total. The van der Waals surface area contributed by atoms with Crippen molar-refractivity contribution in [3.8, 4) is 10.6 Å². The number of halogens is 1. The van der Waals surface area contributed by atoms with E-state index in [1.165, 1.54) is 4.52 Å². The van der Waals surface area contributed by atoms with E-state index in [2.05, 4.69) is 25.6 Å². The van der Waals surface area contributed by atoms with Crippen molar-refractivity contribution in [2.45, 2.75) is 13.5 Å².